The Morgan fingerprint density at radius 2 is 1.56 bits per heavy atom. The molecule has 8 heteroatoms. The van der Waals surface area contributed by atoms with E-state index in [1.54, 1.807) is 36.4 Å². The molecule has 1 aliphatic carbocycles. The summed E-state index contributed by atoms with van der Waals surface area (Å²) in [5.74, 6) is 0. The van der Waals surface area contributed by atoms with Crippen LogP contribution in [0.2, 0.25) is 0 Å². The van der Waals surface area contributed by atoms with E-state index in [0.717, 1.165) is 11.1 Å². The number of sulfonamides is 1. The molecule has 25 heavy (non-hydrogen) atoms. The molecule has 7 nitrogen and oxygen atoms in total. The highest BCUT2D eigenvalue weighted by molar-refractivity contribution is 7.89. The van der Waals surface area contributed by atoms with Gasteiger partial charge in [0.1, 0.15) is 25.6 Å². The molecule has 0 unspecified atom stereocenters. The molecular weight excluding hydrogens is 342 g/mol. The van der Waals surface area contributed by atoms with Crippen molar-refractivity contribution in [3.05, 3.63) is 53.1 Å². The van der Waals surface area contributed by atoms with Crippen LogP contribution >= 0.6 is 0 Å². The molecule has 1 aromatic carbocycles. The maximum Gasteiger partial charge on any atom is 0.240 e. The van der Waals surface area contributed by atoms with Gasteiger partial charge in [0.05, 0.1) is 4.90 Å². The van der Waals surface area contributed by atoms with Crippen LogP contribution in [0.1, 0.15) is 12.5 Å². The summed E-state index contributed by atoms with van der Waals surface area (Å²) in [5.41, 5.74) is 3.58. The summed E-state index contributed by atoms with van der Waals surface area (Å²) >= 11 is 0. The monoisotopic (exact) mass is 363 g/mol. The average molecular weight is 363 g/mol. The number of nitrogens with one attached hydrogen (secondary N) is 1. The van der Waals surface area contributed by atoms with Crippen LogP contribution in [0.5, 0.6) is 0 Å². The quantitative estimate of drug-likeness (QED) is 0.619. The normalized spacial score (nSPS) is 18.1. The Hall–Kier alpha value is -2.45. The summed E-state index contributed by atoms with van der Waals surface area (Å²) in [6.07, 6.45) is 3.48. The van der Waals surface area contributed by atoms with Crippen molar-refractivity contribution in [2.24, 2.45) is 10.3 Å². The minimum Gasteiger partial charge on any atom is -0.399 e. The SMILES string of the molecule is CO/N=C1C=C(CNS(=O)(=O)c2ccc(C)cc2)/C(=N/OC)C=C/1C. The first-order valence-electron chi connectivity index (χ1n) is 7.55. The summed E-state index contributed by atoms with van der Waals surface area (Å²) in [4.78, 5) is 9.86. The molecule has 0 aliphatic heterocycles. The number of rotatable bonds is 6. The fourth-order valence-corrected chi connectivity index (χ4v) is 3.23. The van der Waals surface area contributed by atoms with E-state index in [0.29, 0.717) is 17.0 Å². The van der Waals surface area contributed by atoms with E-state index >= 15 is 0 Å². The van der Waals surface area contributed by atoms with Crippen molar-refractivity contribution in [2.45, 2.75) is 18.7 Å². The van der Waals surface area contributed by atoms with Crippen molar-refractivity contribution < 1.29 is 18.1 Å². The fourth-order valence-electron chi connectivity index (χ4n) is 2.22. The van der Waals surface area contributed by atoms with Crippen LogP contribution < -0.4 is 4.72 Å². The lowest BCUT2D eigenvalue weighted by molar-refractivity contribution is 0.213. The zero-order valence-electron chi connectivity index (χ0n) is 14.6. The second-order valence-electron chi connectivity index (χ2n) is 5.45. The maximum absolute atomic E-state index is 12.4. The zero-order chi connectivity index (χ0) is 18.4. The molecule has 0 aromatic heterocycles. The highest BCUT2D eigenvalue weighted by Gasteiger charge is 2.19. The average Bonchev–Trinajstić information content (AvgIpc) is 2.57. The van der Waals surface area contributed by atoms with Gasteiger partial charge in [-0.1, -0.05) is 28.0 Å². The van der Waals surface area contributed by atoms with Crippen LogP contribution in [0.3, 0.4) is 0 Å². The number of benzene rings is 1. The summed E-state index contributed by atoms with van der Waals surface area (Å²) in [6, 6.07) is 6.64. The van der Waals surface area contributed by atoms with E-state index in [4.69, 9.17) is 9.68 Å². The Labute approximate surface area is 147 Å². The Balaban J connectivity index is 2.24. The van der Waals surface area contributed by atoms with Crippen molar-refractivity contribution in [1.29, 1.82) is 0 Å². The Morgan fingerprint density at radius 3 is 2.16 bits per heavy atom. The smallest absolute Gasteiger partial charge is 0.240 e. The first kappa shape index (κ1) is 18.9. The Kier molecular flexibility index (Phi) is 6.11. The van der Waals surface area contributed by atoms with E-state index in [1.165, 1.54) is 14.2 Å². The lowest BCUT2D eigenvalue weighted by Crippen LogP contribution is -2.29. The number of hydrogen-bond donors (Lipinski definition) is 1. The Morgan fingerprint density at radius 1 is 0.960 bits per heavy atom. The molecule has 0 heterocycles. The van der Waals surface area contributed by atoms with Gasteiger partial charge in [0.2, 0.25) is 10.0 Å². The van der Waals surface area contributed by atoms with Gasteiger partial charge in [-0.25, -0.2) is 13.1 Å². The van der Waals surface area contributed by atoms with Crippen LogP contribution in [0, 0.1) is 6.92 Å². The first-order chi connectivity index (χ1) is 11.9. The molecule has 0 fully saturated rings. The number of oxime groups is 2. The van der Waals surface area contributed by atoms with Gasteiger partial charge in [0, 0.05) is 6.54 Å². The predicted molar refractivity (Wildman–Crippen MR) is 97.1 cm³/mol. The van der Waals surface area contributed by atoms with Crippen molar-refractivity contribution in [3.63, 3.8) is 0 Å². The van der Waals surface area contributed by atoms with Gasteiger partial charge < -0.3 is 9.68 Å². The summed E-state index contributed by atoms with van der Waals surface area (Å²) in [5, 5.41) is 7.86. The van der Waals surface area contributed by atoms with Gasteiger partial charge in [-0.3, -0.25) is 0 Å². The molecule has 1 N–H and O–H groups in total. The standard InChI is InChI=1S/C17H21N3O4S/c1-12-5-7-15(8-6-12)25(21,22)18-11-14-10-16(19-23-3)13(2)9-17(14)20-24-4/h5-10,18H,11H2,1-4H3/b19-16-,20-17+. The molecule has 0 radical (unpaired) electrons. The van der Waals surface area contributed by atoms with Crippen LogP contribution in [0.4, 0.5) is 0 Å². The van der Waals surface area contributed by atoms with Crippen LogP contribution in [-0.4, -0.2) is 40.6 Å². The van der Waals surface area contributed by atoms with E-state index in [1.807, 2.05) is 13.8 Å². The number of hydrogen-bond acceptors (Lipinski definition) is 6. The van der Waals surface area contributed by atoms with Crippen LogP contribution in [0.15, 0.2) is 62.8 Å². The summed E-state index contributed by atoms with van der Waals surface area (Å²) in [6.45, 7) is 3.80. The lowest BCUT2D eigenvalue weighted by atomic mass is 9.97. The van der Waals surface area contributed by atoms with Gasteiger partial charge in [0.15, 0.2) is 0 Å². The third kappa shape index (κ3) is 4.77. The van der Waals surface area contributed by atoms with Crippen molar-refractivity contribution in [3.8, 4) is 0 Å². The second kappa shape index (κ2) is 8.09. The zero-order valence-corrected chi connectivity index (χ0v) is 15.4. The van der Waals surface area contributed by atoms with Crippen molar-refractivity contribution >= 4 is 21.4 Å². The second-order valence-corrected chi connectivity index (χ2v) is 7.22. The van der Waals surface area contributed by atoms with Crippen molar-refractivity contribution in [2.75, 3.05) is 20.8 Å². The summed E-state index contributed by atoms with van der Waals surface area (Å²) < 4.78 is 27.5. The van der Waals surface area contributed by atoms with Gasteiger partial charge in [0.25, 0.3) is 0 Å². The third-order valence-corrected chi connectivity index (χ3v) is 4.98. The molecule has 0 atom stereocenters. The summed E-state index contributed by atoms with van der Waals surface area (Å²) in [7, 11) is -0.752. The van der Waals surface area contributed by atoms with Crippen LogP contribution in [0.25, 0.3) is 0 Å². The largest absolute Gasteiger partial charge is 0.399 e. The minimum atomic E-state index is -3.64. The molecule has 2 rings (SSSR count). The van der Waals surface area contributed by atoms with Crippen molar-refractivity contribution in [1.82, 2.24) is 4.72 Å². The molecule has 0 amide bonds. The Bertz CT molecular complexity index is 850. The van der Waals surface area contributed by atoms with Crippen LogP contribution in [-0.2, 0) is 19.7 Å². The molecular formula is C17H21N3O4S. The molecule has 134 valence electrons. The van der Waals surface area contributed by atoms with E-state index in [-0.39, 0.29) is 11.4 Å². The van der Waals surface area contributed by atoms with E-state index in [9.17, 15) is 8.42 Å². The van der Waals surface area contributed by atoms with Gasteiger partial charge in [-0.05, 0) is 49.3 Å². The fraction of sp³-hybridized carbons (Fsp3) is 0.294. The highest BCUT2D eigenvalue weighted by Crippen LogP contribution is 2.16. The molecule has 0 spiro atoms. The van der Waals surface area contributed by atoms with Gasteiger partial charge in [-0.15, -0.1) is 0 Å². The minimum absolute atomic E-state index is 0.0465. The van der Waals surface area contributed by atoms with Gasteiger partial charge in [-0.2, -0.15) is 0 Å². The number of nitrogens with zero attached hydrogens (tertiary/aromatic N) is 2. The first-order valence-corrected chi connectivity index (χ1v) is 9.04. The molecule has 1 aromatic rings. The maximum atomic E-state index is 12.4. The topological polar surface area (TPSA) is 89.3 Å². The molecule has 1 aliphatic rings. The number of allylic oxidation sites excluding steroid dienone is 3. The highest BCUT2D eigenvalue weighted by atomic mass is 32.2. The van der Waals surface area contributed by atoms with E-state index in [2.05, 4.69) is 15.0 Å². The van der Waals surface area contributed by atoms with Gasteiger partial charge >= 0.3 is 0 Å². The van der Waals surface area contributed by atoms with E-state index < -0.39 is 10.0 Å². The molecule has 0 saturated heterocycles. The molecule has 0 bridgehead atoms. The third-order valence-electron chi connectivity index (χ3n) is 3.56. The lowest BCUT2D eigenvalue weighted by Gasteiger charge is -2.15. The molecule has 0 saturated carbocycles. The predicted octanol–water partition coefficient (Wildman–Crippen LogP) is 2.16. The number of aryl methyl sites for hydroxylation is 1.